The lowest BCUT2D eigenvalue weighted by atomic mass is 10.1. The summed E-state index contributed by atoms with van der Waals surface area (Å²) in [5.74, 6) is 0.983. The van der Waals surface area contributed by atoms with Crippen molar-refractivity contribution in [2.75, 3.05) is 31.4 Å². The summed E-state index contributed by atoms with van der Waals surface area (Å²) in [5, 5.41) is 6.96. The van der Waals surface area contributed by atoms with Gasteiger partial charge in [0, 0.05) is 32.3 Å². The van der Waals surface area contributed by atoms with Crippen molar-refractivity contribution >= 4 is 17.3 Å². The zero-order valence-corrected chi connectivity index (χ0v) is 14.8. The van der Waals surface area contributed by atoms with Crippen LogP contribution in [0.5, 0.6) is 5.88 Å². The number of nitrogens with zero attached hydrogens (tertiary/aromatic N) is 3. The highest BCUT2D eigenvalue weighted by Crippen LogP contribution is 2.32. The molecular weight excluding hydrogens is 308 g/mol. The van der Waals surface area contributed by atoms with Crippen LogP contribution < -0.4 is 15.0 Å². The highest BCUT2D eigenvalue weighted by atomic mass is 16.5. The number of hydrogen-bond donors (Lipinski definition) is 1. The van der Waals surface area contributed by atoms with E-state index in [1.54, 1.807) is 6.20 Å². The summed E-state index contributed by atoms with van der Waals surface area (Å²) >= 11 is 0. The predicted molar refractivity (Wildman–Crippen MR) is 92.7 cm³/mol. The van der Waals surface area contributed by atoms with Gasteiger partial charge in [-0.2, -0.15) is 0 Å². The maximum Gasteiger partial charge on any atom is 0.239 e. The van der Waals surface area contributed by atoms with Gasteiger partial charge in [-0.1, -0.05) is 19.0 Å². The summed E-state index contributed by atoms with van der Waals surface area (Å²) in [5.41, 5.74) is 3.08. The standard InChI is InChI=1S/C17H24N4O3/c1-6-12-11(14(7-2)24-20-12)10-15(22)19-16-13(21(3)4)8-9-18-17(16)23-5/h8-9H,6-7,10H2,1-5H3,(H,19,22). The zero-order chi connectivity index (χ0) is 17.7. The molecule has 0 saturated carbocycles. The second kappa shape index (κ2) is 7.81. The Morgan fingerprint density at radius 2 is 2.08 bits per heavy atom. The molecule has 0 fully saturated rings. The fraction of sp³-hybridized carbons (Fsp3) is 0.471. The van der Waals surface area contributed by atoms with Crippen molar-refractivity contribution < 1.29 is 14.1 Å². The lowest BCUT2D eigenvalue weighted by Crippen LogP contribution is -2.20. The van der Waals surface area contributed by atoms with E-state index in [9.17, 15) is 4.79 Å². The number of hydrogen-bond acceptors (Lipinski definition) is 6. The number of ether oxygens (including phenoxy) is 1. The third kappa shape index (κ3) is 3.67. The van der Waals surface area contributed by atoms with E-state index in [1.165, 1.54) is 7.11 Å². The molecule has 2 rings (SSSR count). The first-order chi connectivity index (χ1) is 11.5. The number of rotatable bonds is 7. The maximum atomic E-state index is 12.6. The Hall–Kier alpha value is -2.57. The van der Waals surface area contributed by atoms with Gasteiger partial charge in [0.25, 0.3) is 0 Å². The van der Waals surface area contributed by atoms with Crippen molar-refractivity contribution in [3.05, 3.63) is 29.3 Å². The molecular formula is C17H24N4O3. The Kier molecular flexibility index (Phi) is 5.78. The number of methoxy groups -OCH3 is 1. The molecule has 0 spiro atoms. The minimum atomic E-state index is -0.156. The molecule has 0 radical (unpaired) electrons. The van der Waals surface area contributed by atoms with Gasteiger partial charge in [-0.25, -0.2) is 4.98 Å². The van der Waals surface area contributed by atoms with Gasteiger partial charge in [0.15, 0.2) is 0 Å². The summed E-state index contributed by atoms with van der Waals surface area (Å²) in [4.78, 5) is 18.6. The summed E-state index contributed by atoms with van der Waals surface area (Å²) in [6.45, 7) is 3.97. The van der Waals surface area contributed by atoms with Crippen LogP contribution in [0, 0.1) is 0 Å². The number of anilines is 2. The molecule has 0 saturated heterocycles. The molecule has 0 aliphatic heterocycles. The number of pyridine rings is 1. The number of carbonyl (C=O) groups excluding carboxylic acids is 1. The van der Waals surface area contributed by atoms with Gasteiger partial charge in [-0.3, -0.25) is 4.79 Å². The Morgan fingerprint density at radius 1 is 1.33 bits per heavy atom. The number of carbonyl (C=O) groups is 1. The number of aryl methyl sites for hydroxylation is 2. The monoisotopic (exact) mass is 332 g/mol. The van der Waals surface area contributed by atoms with Gasteiger partial charge < -0.3 is 19.5 Å². The quantitative estimate of drug-likeness (QED) is 0.839. The SMILES string of the molecule is CCc1noc(CC)c1CC(=O)Nc1c(N(C)C)ccnc1OC. The number of amides is 1. The van der Waals surface area contributed by atoms with E-state index in [2.05, 4.69) is 15.5 Å². The van der Waals surface area contributed by atoms with Gasteiger partial charge >= 0.3 is 0 Å². The molecule has 0 unspecified atom stereocenters. The number of aromatic nitrogens is 2. The summed E-state index contributed by atoms with van der Waals surface area (Å²) in [6, 6.07) is 1.83. The molecule has 0 bridgehead atoms. The predicted octanol–water partition coefficient (Wildman–Crippen LogP) is 2.45. The van der Waals surface area contributed by atoms with E-state index in [-0.39, 0.29) is 12.3 Å². The van der Waals surface area contributed by atoms with Crippen molar-refractivity contribution in [3.8, 4) is 5.88 Å². The largest absolute Gasteiger partial charge is 0.479 e. The van der Waals surface area contributed by atoms with Crippen LogP contribution in [0.3, 0.4) is 0 Å². The molecule has 0 aliphatic carbocycles. The molecule has 1 amide bonds. The normalized spacial score (nSPS) is 10.5. The van der Waals surface area contributed by atoms with Crippen molar-refractivity contribution in [2.45, 2.75) is 33.1 Å². The summed E-state index contributed by atoms with van der Waals surface area (Å²) in [7, 11) is 5.32. The minimum Gasteiger partial charge on any atom is -0.479 e. The van der Waals surface area contributed by atoms with Crippen LogP contribution in [0.2, 0.25) is 0 Å². The van der Waals surface area contributed by atoms with Gasteiger partial charge in [0.05, 0.1) is 24.9 Å². The van der Waals surface area contributed by atoms with E-state index in [1.807, 2.05) is 38.9 Å². The fourth-order valence-corrected chi connectivity index (χ4v) is 2.56. The Bertz CT molecular complexity index is 688. The van der Waals surface area contributed by atoms with E-state index in [0.717, 1.165) is 29.1 Å². The van der Waals surface area contributed by atoms with Crippen molar-refractivity contribution in [2.24, 2.45) is 0 Å². The van der Waals surface area contributed by atoms with Crippen LogP contribution >= 0.6 is 0 Å². The Balaban J connectivity index is 2.26. The van der Waals surface area contributed by atoms with Crippen molar-refractivity contribution in [3.63, 3.8) is 0 Å². The minimum absolute atomic E-state index is 0.156. The third-order valence-electron chi connectivity index (χ3n) is 3.78. The van der Waals surface area contributed by atoms with Gasteiger partial charge in [0.2, 0.25) is 11.8 Å². The maximum absolute atomic E-state index is 12.6. The first-order valence-electron chi connectivity index (χ1n) is 7.98. The first kappa shape index (κ1) is 17.8. The Morgan fingerprint density at radius 3 is 2.67 bits per heavy atom. The molecule has 2 heterocycles. The van der Waals surface area contributed by atoms with Gasteiger partial charge in [-0.05, 0) is 12.5 Å². The second-order valence-corrected chi connectivity index (χ2v) is 5.57. The zero-order valence-electron chi connectivity index (χ0n) is 14.8. The molecule has 0 aromatic carbocycles. The van der Waals surface area contributed by atoms with Crippen LogP contribution in [0.1, 0.15) is 30.9 Å². The fourth-order valence-electron chi connectivity index (χ4n) is 2.56. The molecule has 7 heteroatoms. The molecule has 1 N–H and O–H groups in total. The average Bonchev–Trinajstić information content (AvgIpc) is 2.96. The number of nitrogens with one attached hydrogen (secondary N) is 1. The van der Waals surface area contributed by atoms with E-state index in [4.69, 9.17) is 9.26 Å². The highest BCUT2D eigenvalue weighted by molar-refractivity contribution is 5.97. The van der Waals surface area contributed by atoms with Crippen molar-refractivity contribution in [1.82, 2.24) is 10.1 Å². The topological polar surface area (TPSA) is 80.5 Å². The Labute approximate surface area is 142 Å². The van der Waals surface area contributed by atoms with Crippen LogP contribution in [0.4, 0.5) is 11.4 Å². The van der Waals surface area contributed by atoms with Crippen molar-refractivity contribution in [1.29, 1.82) is 0 Å². The second-order valence-electron chi connectivity index (χ2n) is 5.57. The van der Waals surface area contributed by atoms with Crippen LogP contribution in [-0.4, -0.2) is 37.3 Å². The van der Waals surface area contributed by atoms with Crippen LogP contribution in [0.25, 0.3) is 0 Å². The smallest absolute Gasteiger partial charge is 0.239 e. The van der Waals surface area contributed by atoms with Crippen LogP contribution in [-0.2, 0) is 24.1 Å². The lowest BCUT2D eigenvalue weighted by molar-refractivity contribution is -0.115. The van der Waals surface area contributed by atoms with Gasteiger partial charge in [-0.15, -0.1) is 0 Å². The first-order valence-corrected chi connectivity index (χ1v) is 7.98. The van der Waals surface area contributed by atoms with Crippen LogP contribution in [0.15, 0.2) is 16.8 Å². The van der Waals surface area contributed by atoms with E-state index < -0.39 is 0 Å². The van der Waals surface area contributed by atoms with E-state index >= 15 is 0 Å². The molecule has 7 nitrogen and oxygen atoms in total. The van der Waals surface area contributed by atoms with Gasteiger partial charge in [0.1, 0.15) is 11.4 Å². The third-order valence-corrected chi connectivity index (χ3v) is 3.78. The molecule has 24 heavy (non-hydrogen) atoms. The average molecular weight is 332 g/mol. The molecule has 0 atom stereocenters. The van der Waals surface area contributed by atoms with E-state index in [0.29, 0.717) is 18.0 Å². The summed E-state index contributed by atoms with van der Waals surface area (Å²) in [6.07, 6.45) is 3.29. The molecule has 2 aromatic heterocycles. The summed E-state index contributed by atoms with van der Waals surface area (Å²) < 4.78 is 10.6. The molecule has 0 aliphatic rings. The molecule has 2 aromatic rings. The molecule has 130 valence electrons. The highest BCUT2D eigenvalue weighted by Gasteiger charge is 2.20. The lowest BCUT2D eigenvalue weighted by Gasteiger charge is -2.19.